The van der Waals surface area contributed by atoms with Gasteiger partial charge in [-0.15, -0.1) is 10.2 Å². The molecule has 0 bridgehead atoms. The van der Waals surface area contributed by atoms with Crippen LogP contribution in [0.1, 0.15) is 36.2 Å². The van der Waals surface area contributed by atoms with Gasteiger partial charge in [-0.25, -0.2) is 14.2 Å². The summed E-state index contributed by atoms with van der Waals surface area (Å²) in [5, 5.41) is 17.2. The maximum atomic E-state index is 13.4. The normalized spacial score (nSPS) is 11.9. The van der Waals surface area contributed by atoms with E-state index in [1.165, 1.54) is 6.07 Å². The molecule has 146 valence electrons. The first-order valence-electron chi connectivity index (χ1n) is 8.73. The topological polar surface area (TPSA) is 116 Å². The van der Waals surface area contributed by atoms with Crippen molar-refractivity contribution in [2.75, 3.05) is 12.3 Å². The van der Waals surface area contributed by atoms with Gasteiger partial charge in [0, 0.05) is 12.1 Å². The van der Waals surface area contributed by atoms with Crippen molar-refractivity contribution in [2.45, 2.75) is 25.8 Å². The summed E-state index contributed by atoms with van der Waals surface area (Å²) in [5.74, 6) is -0.671. The van der Waals surface area contributed by atoms with Gasteiger partial charge in [0.2, 0.25) is 0 Å². The third-order valence-electron chi connectivity index (χ3n) is 4.25. The minimum atomic E-state index is -1.16. The SMILES string of the molecule is CC(CCCOc1cc(F)ccc1C(=O)O)n1cnnc1-c1cccc(N)n1. The first-order chi connectivity index (χ1) is 13.5. The first kappa shape index (κ1) is 19.3. The number of halogens is 1. The minimum Gasteiger partial charge on any atom is -0.493 e. The molecule has 8 nitrogen and oxygen atoms in total. The largest absolute Gasteiger partial charge is 0.493 e. The number of aromatic carboxylic acids is 1. The highest BCUT2D eigenvalue weighted by atomic mass is 19.1. The third-order valence-corrected chi connectivity index (χ3v) is 4.25. The molecule has 3 aromatic rings. The maximum absolute atomic E-state index is 13.4. The number of nitrogen functional groups attached to an aromatic ring is 1. The Hall–Kier alpha value is -3.49. The van der Waals surface area contributed by atoms with Gasteiger partial charge >= 0.3 is 5.97 Å². The van der Waals surface area contributed by atoms with Gasteiger partial charge < -0.3 is 20.1 Å². The molecule has 3 N–H and O–H groups in total. The van der Waals surface area contributed by atoms with Crippen LogP contribution in [0.3, 0.4) is 0 Å². The summed E-state index contributed by atoms with van der Waals surface area (Å²) >= 11 is 0. The highest BCUT2D eigenvalue weighted by Gasteiger charge is 2.15. The van der Waals surface area contributed by atoms with Crippen LogP contribution in [0.5, 0.6) is 5.75 Å². The fourth-order valence-corrected chi connectivity index (χ4v) is 2.82. The fraction of sp³-hybridized carbons (Fsp3) is 0.263. The van der Waals surface area contributed by atoms with Crippen LogP contribution in [-0.4, -0.2) is 37.4 Å². The second-order valence-electron chi connectivity index (χ2n) is 6.29. The van der Waals surface area contributed by atoms with Crippen LogP contribution in [-0.2, 0) is 0 Å². The van der Waals surface area contributed by atoms with E-state index < -0.39 is 11.8 Å². The summed E-state index contributed by atoms with van der Waals surface area (Å²) in [6.45, 7) is 2.26. The molecule has 2 aromatic heterocycles. The molecular formula is C19H20FN5O3. The van der Waals surface area contributed by atoms with Crippen molar-refractivity contribution in [2.24, 2.45) is 0 Å². The number of hydrogen-bond donors (Lipinski definition) is 2. The Morgan fingerprint density at radius 3 is 2.93 bits per heavy atom. The van der Waals surface area contributed by atoms with E-state index in [0.29, 0.717) is 30.2 Å². The molecule has 2 heterocycles. The second kappa shape index (κ2) is 8.47. The number of carboxylic acid groups (broad SMARTS) is 1. The summed E-state index contributed by atoms with van der Waals surface area (Å²) in [6.07, 6.45) is 2.96. The quantitative estimate of drug-likeness (QED) is 0.572. The maximum Gasteiger partial charge on any atom is 0.339 e. The number of rotatable bonds is 8. The third kappa shape index (κ3) is 4.43. The summed E-state index contributed by atoms with van der Waals surface area (Å²) in [7, 11) is 0. The highest BCUT2D eigenvalue weighted by Crippen LogP contribution is 2.23. The van der Waals surface area contributed by atoms with Gasteiger partial charge in [-0.1, -0.05) is 6.07 Å². The molecule has 3 rings (SSSR count). The smallest absolute Gasteiger partial charge is 0.339 e. The molecule has 28 heavy (non-hydrogen) atoms. The van der Waals surface area contributed by atoms with E-state index in [1.807, 2.05) is 17.6 Å². The Labute approximate surface area is 160 Å². The molecule has 0 aliphatic rings. The lowest BCUT2D eigenvalue weighted by Gasteiger charge is -2.16. The van der Waals surface area contributed by atoms with Crippen LogP contribution >= 0.6 is 0 Å². The summed E-state index contributed by atoms with van der Waals surface area (Å²) in [4.78, 5) is 15.5. The zero-order valence-corrected chi connectivity index (χ0v) is 15.2. The molecule has 0 radical (unpaired) electrons. The van der Waals surface area contributed by atoms with E-state index in [2.05, 4.69) is 15.2 Å². The van der Waals surface area contributed by atoms with Gasteiger partial charge in [-0.3, -0.25) is 0 Å². The number of hydrogen-bond acceptors (Lipinski definition) is 6. The standard InChI is InChI=1S/C19H20FN5O3/c1-12(25-11-22-24-18(25)15-5-2-6-17(21)23-15)4-3-9-28-16-10-13(20)7-8-14(16)19(26)27/h2,5-8,10-12H,3-4,9H2,1H3,(H2,21,23)(H,26,27). The first-order valence-corrected chi connectivity index (χ1v) is 8.73. The summed E-state index contributed by atoms with van der Waals surface area (Å²) < 4.78 is 20.7. The Balaban J connectivity index is 1.61. The molecule has 1 aromatic carbocycles. The van der Waals surface area contributed by atoms with Crippen LogP contribution < -0.4 is 10.5 Å². The predicted octanol–water partition coefficient (Wildman–Crippen LogP) is 3.18. The van der Waals surface area contributed by atoms with E-state index in [4.69, 9.17) is 15.6 Å². The van der Waals surface area contributed by atoms with E-state index in [-0.39, 0.29) is 24.0 Å². The number of pyridine rings is 1. The number of carboxylic acids is 1. The molecular weight excluding hydrogens is 365 g/mol. The van der Waals surface area contributed by atoms with Gasteiger partial charge in [0.25, 0.3) is 0 Å². The van der Waals surface area contributed by atoms with Gasteiger partial charge in [-0.05, 0) is 44.0 Å². The molecule has 9 heteroatoms. The van der Waals surface area contributed by atoms with Gasteiger partial charge in [0.15, 0.2) is 5.82 Å². The summed E-state index contributed by atoms with van der Waals surface area (Å²) in [6, 6.07) is 8.72. The van der Waals surface area contributed by atoms with Crippen molar-refractivity contribution in [1.29, 1.82) is 0 Å². The highest BCUT2D eigenvalue weighted by molar-refractivity contribution is 5.90. The molecule has 0 aliphatic carbocycles. The van der Waals surface area contributed by atoms with E-state index in [9.17, 15) is 9.18 Å². The number of aromatic nitrogens is 4. The number of nitrogens with zero attached hydrogens (tertiary/aromatic N) is 4. The Kier molecular flexibility index (Phi) is 5.83. The molecule has 0 amide bonds. The molecule has 0 spiro atoms. The van der Waals surface area contributed by atoms with Gasteiger partial charge in [0.1, 0.15) is 35.0 Å². The Bertz CT molecular complexity index is 976. The Morgan fingerprint density at radius 2 is 2.18 bits per heavy atom. The summed E-state index contributed by atoms with van der Waals surface area (Å²) in [5.41, 5.74) is 6.30. The van der Waals surface area contributed by atoms with Crippen molar-refractivity contribution < 1.29 is 19.0 Å². The van der Waals surface area contributed by atoms with Crippen LogP contribution in [0, 0.1) is 5.82 Å². The second-order valence-corrected chi connectivity index (χ2v) is 6.29. The molecule has 0 fully saturated rings. The number of anilines is 1. The average molecular weight is 385 g/mol. The average Bonchev–Trinajstić information content (AvgIpc) is 3.15. The van der Waals surface area contributed by atoms with Crippen molar-refractivity contribution in [3.63, 3.8) is 0 Å². The molecule has 1 unspecified atom stereocenters. The molecule has 0 saturated heterocycles. The zero-order chi connectivity index (χ0) is 20.1. The monoisotopic (exact) mass is 385 g/mol. The number of ether oxygens (including phenoxy) is 1. The van der Waals surface area contributed by atoms with Crippen LogP contribution in [0.15, 0.2) is 42.7 Å². The van der Waals surface area contributed by atoms with Crippen LogP contribution in [0.4, 0.5) is 10.2 Å². The van der Waals surface area contributed by atoms with Crippen LogP contribution in [0.25, 0.3) is 11.5 Å². The van der Waals surface area contributed by atoms with Gasteiger partial charge in [0.05, 0.1) is 6.61 Å². The van der Waals surface area contributed by atoms with E-state index in [0.717, 1.165) is 12.1 Å². The number of carbonyl (C=O) groups is 1. The lowest BCUT2D eigenvalue weighted by atomic mass is 10.1. The fourth-order valence-electron chi connectivity index (χ4n) is 2.82. The van der Waals surface area contributed by atoms with E-state index >= 15 is 0 Å². The minimum absolute atomic E-state index is 0.0223. The Morgan fingerprint density at radius 1 is 1.36 bits per heavy atom. The van der Waals surface area contributed by atoms with Crippen LogP contribution in [0.2, 0.25) is 0 Å². The molecule has 1 atom stereocenters. The van der Waals surface area contributed by atoms with Crippen molar-refractivity contribution in [3.8, 4) is 17.3 Å². The lowest BCUT2D eigenvalue weighted by molar-refractivity contribution is 0.0692. The predicted molar refractivity (Wildman–Crippen MR) is 100 cm³/mol. The molecule has 0 saturated carbocycles. The number of benzene rings is 1. The van der Waals surface area contributed by atoms with Crippen molar-refractivity contribution in [3.05, 3.63) is 54.1 Å². The van der Waals surface area contributed by atoms with Gasteiger partial charge in [-0.2, -0.15) is 0 Å². The van der Waals surface area contributed by atoms with E-state index in [1.54, 1.807) is 18.5 Å². The lowest BCUT2D eigenvalue weighted by Crippen LogP contribution is -2.10. The van der Waals surface area contributed by atoms with Crippen molar-refractivity contribution in [1.82, 2.24) is 19.7 Å². The molecule has 0 aliphatic heterocycles. The zero-order valence-electron chi connectivity index (χ0n) is 15.2. The van der Waals surface area contributed by atoms with Crippen molar-refractivity contribution >= 4 is 11.8 Å². The number of nitrogens with two attached hydrogens (primary N) is 1.